The smallest absolute Gasteiger partial charge is 0.258 e. The van der Waals surface area contributed by atoms with E-state index in [0.29, 0.717) is 23.9 Å². The van der Waals surface area contributed by atoms with Gasteiger partial charge in [0.05, 0.1) is 0 Å². The molecule has 2 fully saturated rings. The molecular formula is C11H15N9. The summed E-state index contributed by atoms with van der Waals surface area (Å²) in [6.45, 7) is 1.01. The van der Waals surface area contributed by atoms with Crippen LogP contribution in [0.3, 0.4) is 0 Å². The summed E-state index contributed by atoms with van der Waals surface area (Å²) in [4.78, 5) is 19.2. The predicted molar refractivity (Wildman–Crippen MR) is 71.0 cm³/mol. The second-order valence-electron chi connectivity index (χ2n) is 5.23. The third-order valence-electron chi connectivity index (χ3n) is 4.03. The number of nitrogens with two attached hydrogens (primary N) is 1. The van der Waals surface area contributed by atoms with E-state index in [2.05, 4.69) is 35.4 Å². The summed E-state index contributed by atoms with van der Waals surface area (Å²) < 4.78 is 1.50. The number of hydrazine groups is 1. The normalized spacial score (nSPS) is 24.4. The number of anilines is 2. The Labute approximate surface area is 115 Å². The summed E-state index contributed by atoms with van der Waals surface area (Å²) >= 11 is 0. The molecule has 1 saturated heterocycles. The standard InChI is InChI=1S/C11H15N9/c12-18-9-15-10(19-4-7-1-2-8(19)3-7)17-11(16-9)20-6-13-5-14-20/h5-8H,1-4,12H2,(H,15,16,17,18). The summed E-state index contributed by atoms with van der Waals surface area (Å²) in [5, 5.41) is 4.04. The highest BCUT2D eigenvalue weighted by Crippen LogP contribution is 2.39. The Morgan fingerprint density at radius 3 is 2.75 bits per heavy atom. The van der Waals surface area contributed by atoms with Crippen LogP contribution in [0.5, 0.6) is 0 Å². The van der Waals surface area contributed by atoms with Gasteiger partial charge in [-0.3, -0.25) is 5.43 Å². The van der Waals surface area contributed by atoms with Crippen molar-refractivity contribution in [2.24, 2.45) is 11.8 Å². The van der Waals surface area contributed by atoms with E-state index in [1.165, 1.54) is 30.3 Å². The van der Waals surface area contributed by atoms with Gasteiger partial charge in [-0.25, -0.2) is 10.8 Å². The fraction of sp³-hybridized carbons (Fsp3) is 0.545. The minimum atomic E-state index is 0.336. The third kappa shape index (κ3) is 1.78. The first kappa shape index (κ1) is 11.5. The summed E-state index contributed by atoms with van der Waals surface area (Å²) in [7, 11) is 0. The number of nitrogens with zero attached hydrogens (tertiary/aromatic N) is 7. The van der Waals surface area contributed by atoms with Gasteiger partial charge in [-0.2, -0.15) is 24.7 Å². The molecular weight excluding hydrogens is 258 g/mol. The third-order valence-corrected chi connectivity index (χ3v) is 4.03. The minimum Gasteiger partial charge on any atom is -0.337 e. The average Bonchev–Trinajstić information content (AvgIpc) is 3.23. The number of nitrogens with one attached hydrogen (secondary N) is 1. The summed E-state index contributed by atoms with van der Waals surface area (Å²) in [5.74, 6) is 7.63. The first-order valence-electron chi connectivity index (χ1n) is 6.68. The van der Waals surface area contributed by atoms with E-state index in [1.807, 2.05) is 0 Å². The van der Waals surface area contributed by atoms with Crippen LogP contribution in [-0.4, -0.2) is 42.3 Å². The van der Waals surface area contributed by atoms with Gasteiger partial charge in [0.25, 0.3) is 5.95 Å². The Hall–Kier alpha value is -2.29. The molecule has 2 atom stereocenters. The topological polar surface area (TPSA) is 111 Å². The van der Waals surface area contributed by atoms with Crippen LogP contribution >= 0.6 is 0 Å². The van der Waals surface area contributed by atoms with Crippen molar-refractivity contribution in [2.45, 2.75) is 25.3 Å². The fourth-order valence-electron chi connectivity index (χ4n) is 3.13. The van der Waals surface area contributed by atoms with E-state index in [4.69, 9.17) is 5.84 Å². The Morgan fingerprint density at radius 1 is 1.20 bits per heavy atom. The van der Waals surface area contributed by atoms with Gasteiger partial charge in [0, 0.05) is 12.6 Å². The van der Waals surface area contributed by atoms with Crippen LogP contribution in [0.2, 0.25) is 0 Å². The Kier molecular flexibility index (Phi) is 2.52. The number of hydrogen-bond donors (Lipinski definition) is 2. The maximum absolute atomic E-state index is 5.45. The van der Waals surface area contributed by atoms with Gasteiger partial charge in [-0.1, -0.05) is 0 Å². The van der Waals surface area contributed by atoms with Gasteiger partial charge in [0.1, 0.15) is 12.7 Å². The number of hydrogen-bond acceptors (Lipinski definition) is 8. The summed E-state index contributed by atoms with van der Waals surface area (Å²) in [6.07, 6.45) is 6.74. The van der Waals surface area contributed by atoms with Crippen molar-refractivity contribution in [1.82, 2.24) is 29.7 Å². The maximum Gasteiger partial charge on any atom is 0.258 e. The Balaban J connectivity index is 1.74. The highest BCUT2D eigenvalue weighted by atomic mass is 15.4. The summed E-state index contributed by atoms with van der Waals surface area (Å²) in [5.41, 5.74) is 2.49. The molecule has 1 saturated carbocycles. The van der Waals surface area contributed by atoms with E-state index in [1.54, 1.807) is 6.33 Å². The highest BCUT2D eigenvalue weighted by Gasteiger charge is 2.39. The quantitative estimate of drug-likeness (QED) is 0.580. The summed E-state index contributed by atoms with van der Waals surface area (Å²) in [6, 6.07) is 0.539. The minimum absolute atomic E-state index is 0.336. The number of rotatable bonds is 3. The van der Waals surface area contributed by atoms with Crippen LogP contribution in [0.25, 0.3) is 5.95 Å². The highest BCUT2D eigenvalue weighted by molar-refractivity contribution is 5.42. The van der Waals surface area contributed by atoms with E-state index < -0.39 is 0 Å². The number of fused-ring (bicyclic) bond motifs is 2. The van der Waals surface area contributed by atoms with Crippen molar-refractivity contribution >= 4 is 11.9 Å². The van der Waals surface area contributed by atoms with Gasteiger partial charge in [-0.15, -0.1) is 0 Å². The van der Waals surface area contributed by atoms with Crippen LogP contribution < -0.4 is 16.2 Å². The molecule has 1 aliphatic carbocycles. The zero-order chi connectivity index (χ0) is 13.5. The lowest BCUT2D eigenvalue weighted by atomic mass is 10.1. The Bertz CT molecular complexity index is 610. The number of aromatic nitrogens is 6. The van der Waals surface area contributed by atoms with Gasteiger partial charge < -0.3 is 4.90 Å². The zero-order valence-electron chi connectivity index (χ0n) is 10.8. The molecule has 104 valence electrons. The fourth-order valence-corrected chi connectivity index (χ4v) is 3.13. The molecule has 0 aromatic carbocycles. The molecule has 20 heavy (non-hydrogen) atoms. The van der Waals surface area contributed by atoms with Crippen molar-refractivity contribution in [3.8, 4) is 5.95 Å². The van der Waals surface area contributed by atoms with E-state index in [9.17, 15) is 0 Å². The molecule has 4 rings (SSSR count). The van der Waals surface area contributed by atoms with Crippen molar-refractivity contribution < 1.29 is 0 Å². The average molecular weight is 273 g/mol. The number of piperidine rings is 1. The molecule has 9 nitrogen and oxygen atoms in total. The van der Waals surface area contributed by atoms with Crippen LogP contribution in [-0.2, 0) is 0 Å². The zero-order valence-corrected chi connectivity index (χ0v) is 10.8. The molecule has 1 aliphatic heterocycles. The van der Waals surface area contributed by atoms with Crippen LogP contribution in [0.4, 0.5) is 11.9 Å². The lowest BCUT2D eigenvalue weighted by molar-refractivity contribution is 0.545. The molecule has 3 heterocycles. The molecule has 0 amide bonds. The van der Waals surface area contributed by atoms with Gasteiger partial charge in [0.2, 0.25) is 11.9 Å². The van der Waals surface area contributed by atoms with Crippen LogP contribution in [0.1, 0.15) is 19.3 Å². The SMILES string of the molecule is NNc1nc(N2CC3CCC2C3)nc(-n2cncn2)n1. The van der Waals surface area contributed by atoms with Crippen molar-refractivity contribution in [3.63, 3.8) is 0 Å². The van der Waals surface area contributed by atoms with E-state index >= 15 is 0 Å². The Morgan fingerprint density at radius 2 is 2.10 bits per heavy atom. The van der Waals surface area contributed by atoms with Crippen molar-refractivity contribution in [3.05, 3.63) is 12.7 Å². The molecule has 0 spiro atoms. The molecule has 2 bridgehead atoms. The lowest BCUT2D eigenvalue weighted by Gasteiger charge is -2.27. The maximum atomic E-state index is 5.45. The van der Waals surface area contributed by atoms with Crippen LogP contribution in [0, 0.1) is 5.92 Å². The largest absolute Gasteiger partial charge is 0.337 e. The van der Waals surface area contributed by atoms with Gasteiger partial charge in [-0.05, 0) is 25.2 Å². The lowest BCUT2D eigenvalue weighted by Crippen LogP contribution is -2.34. The molecule has 3 N–H and O–H groups in total. The van der Waals surface area contributed by atoms with E-state index in [0.717, 1.165) is 12.5 Å². The number of nitrogen functional groups attached to an aromatic ring is 1. The van der Waals surface area contributed by atoms with Gasteiger partial charge in [0.15, 0.2) is 0 Å². The molecule has 2 aromatic heterocycles. The monoisotopic (exact) mass is 273 g/mol. The van der Waals surface area contributed by atoms with Crippen LogP contribution in [0.15, 0.2) is 12.7 Å². The first-order chi connectivity index (χ1) is 9.83. The molecule has 0 radical (unpaired) electrons. The van der Waals surface area contributed by atoms with E-state index in [-0.39, 0.29) is 0 Å². The van der Waals surface area contributed by atoms with Gasteiger partial charge >= 0.3 is 0 Å². The predicted octanol–water partition coefficient (Wildman–Crippen LogP) is -0.273. The second-order valence-corrected chi connectivity index (χ2v) is 5.23. The second kappa shape index (κ2) is 4.37. The molecule has 2 unspecified atom stereocenters. The van der Waals surface area contributed by atoms with Crippen molar-refractivity contribution in [2.75, 3.05) is 16.9 Å². The molecule has 2 aliphatic rings. The molecule has 2 aromatic rings. The first-order valence-corrected chi connectivity index (χ1v) is 6.68. The molecule has 9 heteroatoms. The van der Waals surface area contributed by atoms with Crippen molar-refractivity contribution in [1.29, 1.82) is 0 Å².